The lowest BCUT2D eigenvalue weighted by Gasteiger charge is -2.07. The Morgan fingerprint density at radius 3 is 2.20 bits per heavy atom. The molecule has 1 aromatic rings. The van der Waals surface area contributed by atoms with Crippen molar-refractivity contribution in [2.75, 3.05) is 0 Å². The Labute approximate surface area is 94.2 Å². The molecule has 0 heterocycles. The fourth-order valence-electron chi connectivity index (χ4n) is 1.11. The molecule has 0 aliphatic rings. The number of terminal acetylenes is 1. The maximum Gasteiger partial charge on any atom is 0.0787 e. The average Bonchev–Trinajstić information content (AvgIpc) is 2.33. The highest BCUT2D eigenvalue weighted by atomic mass is 16.3. The van der Waals surface area contributed by atoms with E-state index in [0.29, 0.717) is 0 Å². The van der Waals surface area contributed by atoms with Crippen LogP contribution in [0, 0.1) is 19.8 Å². The van der Waals surface area contributed by atoms with Gasteiger partial charge in [-0.2, -0.15) is 0 Å². The number of benzene rings is 1. The van der Waals surface area contributed by atoms with Crippen molar-refractivity contribution in [3.8, 4) is 12.8 Å². The van der Waals surface area contributed by atoms with E-state index in [1.165, 1.54) is 5.56 Å². The lowest BCUT2D eigenvalue weighted by Crippen LogP contribution is -1.94. The third-order valence-electron chi connectivity index (χ3n) is 1.81. The van der Waals surface area contributed by atoms with Gasteiger partial charge in [0, 0.05) is 0 Å². The van der Waals surface area contributed by atoms with Crippen LogP contribution in [0.2, 0.25) is 0 Å². The van der Waals surface area contributed by atoms with Gasteiger partial charge in [-0.15, -0.1) is 12.8 Å². The molecule has 0 saturated carbocycles. The summed E-state index contributed by atoms with van der Waals surface area (Å²) in [6.45, 7) is 8.01. The van der Waals surface area contributed by atoms with Crippen LogP contribution in [0.4, 0.5) is 0 Å². The molecule has 0 bridgehead atoms. The quantitative estimate of drug-likeness (QED) is 0.731. The fraction of sp³-hybridized carbons (Fsp3) is 0.429. The second-order valence-corrected chi connectivity index (χ2v) is 2.84. The largest absolute Gasteiger partial charge is 0.388 e. The van der Waals surface area contributed by atoms with Crippen LogP contribution in [0.15, 0.2) is 24.3 Å². The SMILES string of the molecule is C#C.CC.CC[C@@H](O)c1cccc(C)c1. The first-order valence-corrected chi connectivity index (χ1v) is 5.32. The average molecular weight is 206 g/mol. The second-order valence-electron chi connectivity index (χ2n) is 2.84. The molecule has 1 N–H and O–H groups in total. The van der Waals surface area contributed by atoms with Crippen LogP contribution in [-0.2, 0) is 0 Å². The first kappa shape index (κ1) is 16.2. The minimum absolute atomic E-state index is 0.296. The minimum atomic E-state index is -0.296. The van der Waals surface area contributed by atoms with Crippen molar-refractivity contribution in [1.29, 1.82) is 0 Å². The number of hydrogen-bond donors (Lipinski definition) is 1. The number of rotatable bonds is 2. The first-order valence-electron chi connectivity index (χ1n) is 5.32. The Morgan fingerprint density at radius 1 is 1.27 bits per heavy atom. The van der Waals surface area contributed by atoms with E-state index >= 15 is 0 Å². The third-order valence-corrected chi connectivity index (χ3v) is 1.81. The molecule has 1 heteroatoms. The van der Waals surface area contributed by atoms with E-state index in [1.54, 1.807) is 0 Å². The summed E-state index contributed by atoms with van der Waals surface area (Å²) in [5.41, 5.74) is 2.22. The summed E-state index contributed by atoms with van der Waals surface area (Å²) in [4.78, 5) is 0. The van der Waals surface area contributed by atoms with Crippen molar-refractivity contribution in [3.63, 3.8) is 0 Å². The van der Waals surface area contributed by atoms with Gasteiger partial charge < -0.3 is 5.11 Å². The molecule has 0 aliphatic heterocycles. The predicted molar refractivity (Wildman–Crippen MR) is 67.7 cm³/mol. The van der Waals surface area contributed by atoms with Crippen LogP contribution in [0.3, 0.4) is 0 Å². The van der Waals surface area contributed by atoms with Gasteiger partial charge in [0.1, 0.15) is 0 Å². The van der Waals surface area contributed by atoms with Gasteiger partial charge in [0.2, 0.25) is 0 Å². The molecule has 1 aromatic carbocycles. The maximum atomic E-state index is 9.45. The van der Waals surface area contributed by atoms with E-state index < -0.39 is 0 Å². The van der Waals surface area contributed by atoms with E-state index in [4.69, 9.17) is 0 Å². The van der Waals surface area contributed by atoms with Crippen molar-refractivity contribution < 1.29 is 5.11 Å². The Hall–Kier alpha value is -1.26. The van der Waals surface area contributed by atoms with Gasteiger partial charge in [-0.3, -0.25) is 0 Å². The van der Waals surface area contributed by atoms with E-state index in [0.717, 1.165) is 12.0 Å². The molecule has 0 spiro atoms. The van der Waals surface area contributed by atoms with E-state index in [9.17, 15) is 5.11 Å². The van der Waals surface area contributed by atoms with Gasteiger partial charge in [-0.05, 0) is 18.9 Å². The number of aliphatic hydroxyl groups excluding tert-OH is 1. The zero-order valence-electron chi connectivity index (χ0n) is 10.2. The molecule has 0 aromatic heterocycles. The van der Waals surface area contributed by atoms with Gasteiger partial charge in [0.15, 0.2) is 0 Å². The molecule has 0 radical (unpaired) electrons. The Morgan fingerprint density at radius 2 is 1.80 bits per heavy atom. The molecular weight excluding hydrogens is 184 g/mol. The van der Waals surface area contributed by atoms with Gasteiger partial charge in [0.05, 0.1) is 6.10 Å². The number of aryl methyl sites for hydroxylation is 1. The summed E-state index contributed by atoms with van der Waals surface area (Å²) < 4.78 is 0. The van der Waals surface area contributed by atoms with Gasteiger partial charge in [-0.25, -0.2) is 0 Å². The summed E-state index contributed by atoms with van der Waals surface area (Å²) in [5, 5.41) is 9.45. The number of aliphatic hydroxyl groups is 1. The molecule has 1 atom stereocenters. The molecule has 0 aliphatic carbocycles. The highest BCUT2D eigenvalue weighted by Gasteiger charge is 2.02. The fourth-order valence-corrected chi connectivity index (χ4v) is 1.11. The zero-order valence-corrected chi connectivity index (χ0v) is 10.2. The molecular formula is C14H22O. The van der Waals surface area contributed by atoms with Crippen molar-refractivity contribution in [2.24, 2.45) is 0 Å². The Bertz CT molecular complexity index is 263. The topological polar surface area (TPSA) is 20.2 Å². The smallest absolute Gasteiger partial charge is 0.0787 e. The second kappa shape index (κ2) is 10.8. The summed E-state index contributed by atoms with van der Waals surface area (Å²) in [5.74, 6) is 0. The summed E-state index contributed by atoms with van der Waals surface area (Å²) in [6, 6.07) is 7.99. The van der Waals surface area contributed by atoms with E-state index in [1.807, 2.05) is 52.0 Å². The lowest BCUT2D eigenvalue weighted by atomic mass is 10.1. The molecule has 0 amide bonds. The monoisotopic (exact) mass is 206 g/mol. The third kappa shape index (κ3) is 6.76. The van der Waals surface area contributed by atoms with E-state index in [-0.39, 0.29) is 6.10 Å². The molecule has 1 rings (SSSR count). The standard InChI is InChI=1S/C10H14O.C2H6.C2H2/c1-3-10(11)9-6-4-5-8(2)7-9;2*1-2/h4-7,10-11H,3H2,1-2H3;1-2H3;1-2H/t10-;;/m1../s1. The molecule has 15 heavy (non-hydrogen) atoms. The normalized spacial score (nSPS) is 10.1. The van der Waals surface area contributed by atoms with Crippen LogP contribution in [-0.4, -0.2) is 5.11 Å². The molecule has 1 nitrogen and oxygen atoms in total. The summed E-state index contributed by atoms with van der Waals surface area (Å²) >= 11 is 0. The molecule has 0 fully saturated rings. The van der Waals surface area contributed by atoms with Crippen molar-refractivity contribution in [3.05, 3.63) is 35.4 Å². The highest BCUT2D eigenvalue weighted by molar-refractivity contribution is 5.23. The maximum absolute atomic E-state index is 9.45. The van der Waals surface area contributed by atoms with Crippen LogP contribution < -0.4 is 0 Å². The van der Waals surface area contributed by atoms with E-state index in [2.05, 4.69) is 12.8 Å². The highest BCUT2D eigenvalue weighted by Crippen LogP contribution is 2.16. The summed E-state index contributed by atoms with van der Waals surface area (Å²) in [6.07, 6.45) is 8.48. The van der Waals surface area contributed by atoms with Crippen LogP contribution in [0.25, 0.3) is 0 Å². The first-order chi connectivity index (χ1) is 7.24. The van der Waals surface area contributed by atoms with Crippen LogP contribution >= 0.6 is 0 Å². The molecule has 0 saturated heterocycles. The Balaban J connectivity index is 0. The Kier molecular flexibility index (Phi) is 11.7. The lowest BCUT2D eigenvalue weighted by molar-refractivity contribution is 0.173. The molecule has 0 unspecified atom stereocenters. The number of hydrogen-bond acceptors (Lipinski definition) is 1. The summed E-state index contributed by atoms with van der Waals surface area (Å²) in [7, 11) is 0. The van der Waals surface area contributed by atoms with Crippen molar-refractivity contribution >= 4 is 0 Å². The van der Waals surface area contributed by atoms with Crippen molar-refractivity contribution in [2.45, 2.75) is 40.2 Å². The zero-order chi connectivity index (χ0) is 12.3. The van der Waals surface area contributed by atoms with Crippen molar-refractivity contribution in [1.82, 2.24) is 0 Å². The van der Waals surface area contributed by atoms with Crippen LogP contribution in [0.1, 0.15) is 44.4 Å². The minimum Gasteiger partial charge on any atom is -0.388 e. The van der Waals surface area contributed by atoms with Gasteiger partial charge >= 0.3 is 0 Å². The molecule has 84 valence electrons. The van der Waals surface area contributed by atoms with Gasteiger partial charge in [0.25, 0.3) is 0 Å². The van der Waals surface area contributed by atoms with Crippen LogP contribution in [0.5, 0.6) is 0 Å². The predicted octanol–water partition coefficient (Wildman–Crippen LogP) is 3.71. The van der Waals surface area contributed by atoms with Gasteiger partial charge in [-0.1, -0.05) is 50.6 Å².